The van der Waals surface area contributed by atoms with Crippen molar-refractivity contribution in [3.8, 4) is 5.75 Å². The van der Waals surface area contributed by atoms with Crippen molar-refractivity contribution >= 4 is 11.6 Å². The third kappa shape index (κ3) is 3.21. The van der Waals surface area contributed by atoms with E-state index in [9.17, 15) is 0 Å². The molecule has 2 atom stereocenters. The number of hydrogen-bond acceptors (Lipinski definition) is 3. The van der Waals surface area contributed by atoms with E-state index in [1.54, 1.807) is 0 Å². The lowest BCUT2D eigenvalue weighted by Crippen LogP contribution is -2.42. The summed E-state index contributed by atoms with van der Waals surface area (Å²) in [5, 5.41) is 0.757. The van der Waals surface area contributed by atoms with Gasteiger partial charge in [-0.1, -0.05) is 41.9 Å². The van der Waals surface area contributed by atoms with E-state index >= 15 is 0 Å². The summed E-state index contributed by atoms with van der Waals surface area (Å²) in [5.41, 5.74) is 5.45. The summed E-state index contributed by atoms with van der Waals surface area (Å²) in [6, 6.07) is 16.3. The van der Waals surface area contributed by atoms with Gasteiger partial charge in [0, 0.05) is 17.0 Å². The van der Waals surface area contributed by atoms with Crippen LogP contribution in [0, 0.1) is 0 Å². The van der Waals surface area contributed by atoms with Crippen LogP contribution in [0.1, 0.15) is 23.5 Å². The Morgan fingerprint density at radius 3 is 2.71 bits per heavy atom. The normalized spacial score (nSPS) is 18.7. The monoisotopic (exact) mass is 302 g/mol. The van der Waals surface area contributed by atoms with Crippen molar-refractivity contribution in [2.75, 3.05) is 6.61 Å². The molecular formula is C17H19ClN2O. The summed E-state index contributed by atoms with van der Waals surface area (Å²) in [6.45, 7) is 0.737. The predicted octanol–water partition coefficient (Wildman–Crippen LogP) is 3.28. The summed E-state index contributed by atoms with van der Waals surface area (Å²) in [4.78, 5) is 0. The Morgan fingerprint density at radius 2 is 1.95 bits per heavy atom. The molecule has 2 unspecified atom stereocenters. The first-order chi connectivity index (χ1) is 10.3. The Balaban J connectivity index is 1.82. The van der Waals surface area contributed by atoms with E-state index in [1.807, 2.05) is 24.3 Å². The van der Waals surface area contributed by atoms with Crippen LogP contribution >= 0.6 is 11.6 Å². The molecule has 0 fully saturated rings. The van der Waals surface area contributed by atoms with E-state index in [4.69, 9.17) is 22.2 Å². The van der Waals surface area contributed by atoms with Gasteiger partial charge in [0.05, 0.1) is 6.61 Å². The quantitative estimate of drug-likeness (QED) is 0.673. The Hall–Kier alpha value is -1.55. The summed E-state index contributed by atoms with van der Waals surface area (Å²) in [5.74, 6) is 7.16. The van der Waals surface area contributed by atoms with Crippen LogP contribution in [-0.2, 0) is 6.42 Å². The van der Waals surface area contributed by atoms with Crippen molar-refractivity contribution < 1.29 is 4.74 Å². The summed E-state index contributed by atoms with van der Waals surface area (Å²) >= 11 is 5.94. The molecule has 0 amide bonds. The second-order valence-electron chi connectivity index (χ2n) is 5.39. The first kappa shape index (κ1) is 14.4. The Bertz CT molecular complexity index is 600. The Labute approximate surface area is 130 Å². The predicted molar refractivity (Wildman–Crippen MR) is 85.6 cm³/mol. The highest BCUT2D eigenvalue weighted by Crippen LogP contribution is 2.36. The van der Waals surface area contributed by atoms with Crippen LogP contribution in [0.25, 0.3) is 0 Å². The highest BCUT2D eigenvalue weighted by atomic mass is 35.5. The van der Waals surface area contributed by atoms with E-state index in [0.29, 0.717) is 5.92 Å². The molecule has 3 nitrogen and oxygen atoms in total. The maximum Gasteiger partial charge on any atom is 0.122 e. The zero-order valence-corrected chi connectivity index (χ0v) is 12.5. The zero-order valence-electron chi connectivity index (χ0n) is 11.8. The van der Waals surface area contributed by atoms with Gasteiger partial charge in [-0.05, 0) is 42.2 Å². The molecule has 0 bridgehead atoms. The van der Waals surface area contributed by atoms with Gasteiger partial charge in [0.1, 0.15) is 5.75 Å². The minimum Gasteiger partial charge on any atom is -0.493 e. The van der Waals surface area contributed by atoms with E-state index in [2.05, 4.69) is 29.7 Å². The fraction of sp³-hybridized carbons (Fsp3) is 0.294. The van der Waals surface area contributed by atoms with Crippen molar-refractivity contribution in [1.82, 2.24) is 5.43 Å². The third-order valence-electron chi connectivity index (χ3n) is 4.07. The van der Waals surface area contributed by atoms with Gasteiger partial charge >= 0.3 is 0 Å². The molecule has 0 spiro atoms. The number of nitrogens with one attached hydrogen (secondary N) is 1. The minimum atomic E-state index is 0.177. The summed E-state index contributed by atoms with van der Waals surface area (Å²) in [6.07, 6.45) is 1.84. The van der Waals surface area contributed by atoms with Gasteiger partial charge in [-0.3, -0.25) is 11.3 Å². The molecule has 0 aromatic heterocycles. The molecule has 110 valence electrons. The summed E-state index contributed by atoms with van der Waals surface area (Å²) in [7, 11) is 0. The SMILES string of the molecule is NNC(Cc1ccc(Cl)cc1)C1CCOc2ccccc21. The van der Waals surface area contributed by atoms with Crippen LogP contribution in [0.3, 0.4) is 0 Å². The number of nitrogens with two attached hydrogens (primary N) is 1. The van der Waals surface area contributed by atoms with Crippen LogP contribution in [0.4, 0.5) is 0 Å². The van der Waals surface area contributed by atoms with Gasteiger partial charge in [0.2, 0.25) is 0 Å². The van der Waals surface area contributed by atoms with Gasteiger partial charge in [0.15, 0.2) is 0 Å². The zero-order chi connectivity index (χ0) is 14.7. The van der Waals surface area contributed by atoms with Crippen LogP contribution in [-0.4, -0.2) is 12.6 Å². The first-order valence-electron chi connectivity index (χ1n) is 7.20. The van der Waals surface area contributed by atoms with Crippen LogP contribution < -0.4 is 16.0 Å². The smallest absolute Gasteiger partial charge is 0.122 e. The van der Waals surface area contributed by atoms with Gasteiger partial charge in [-0.2, -0.15) is 0 Å². The van der Waals surface area contributed by atoms with Gasteiger partial charge in [0.25, 0.3) is 0 Å². The van der Waals surface area contributed by atoms with Crippen LogP contribution in [0.5, 0.6) is 5.75 Å². The van der Waals surface area contributed by atoms with E-state index < -0.39 is 0 Å². The van der Waals surface area contributed by atoms with Crippen molar-refractivity contribution in [1.29, 1.82) is 0 Å². The molecule has 1 aliphatic heterocycles. The standard InChI is InChI=1S/C17H19ClN2O/c18-13-7-5-12(6-8-13)11-16(20-19)14-9-10-21-17-4-2-1-3-15(14)17/h1-8,14,16,20H,9-11,19H2. The van der Waals surface area contributed by atoms with Gasteiger partial charge in [-0.25, -0.2) is 0 Å². The van der Waals surface area contributed by atoms with E-state index in [0.717, 1.165) is 30.2 Å². The number of benzene rings is 2. The van der Waals surface area contributed by atoms with Crippen molar-refractivity contribution in [2.24, 2.45) is 5.84 Å². The first-order valence-corrected chi connectivity index (χ1v) is 7.58. The lowest BCUT2D eigenvalue weighted by atomic mass is 9.84. The Kier molecular flexibility index (Phi) is 4.44. The second kappa shape index (κ2) is 6.48. The lowest BCUT2D eigenvalue weighted by molar-refractivity contribution is 0.245. The lowest BCUT2D eigenvalue weighted by Gasteiger charge is -2.32. The number of hydrogen-bond donors (Lipinski definition) is 2. The van der Waals surface area contributed by atoms with Crippen molar-refractivity contribution in [2.45, 2.75) is 24.8 Å². The maximum absolute atomic E-state index is 5.94. The summed E-state index contributed by atoms with van der Waals surface area (Å²) < 4.78 is 5.73. The molecule has 0 radical (unpaired) electrons. The molecule has 4 heteroatoms. The molecular weight excluding hydrogens is 284 g/mol. The number of ether oxygens (including phenoxy) is 1. The number of fused-ring (bicyclic) bond motifs is 1. The average molecular weight is 303 g/mol. The van der Waals surface area contributed by atoms with Crippen molar-refractivity contribution in [3.05, 3.63) is 64.7 Å². The van der Waals surface area contributed by atoms with Gasteiger partial charge in [-0.15, -0.1) is 0 Å². The molecule has 0 aliphatic carbocycles. The fourth-order valence-electron chi connectivity index (χ4n) is 2.98. The molecule has 21 heavy (non-hydrogen) atoms. The fourth-order valence-corrected chi connectivity index (χ4v) is 3.11. The minimum absolute atomic E-state index is 0.177. The molecule has 3 rings (SSSR count). The molecule has 1 heterocycles. The number of rotatable bonds is 4. The molecule has 0 saturated heterocycles. The van der Waals surface area contributed by atoms with Crippen molar-refractivity contribution in [3.63, 3.8) is 0 Å². The largest absolute Gasteiger partial charge is 0.493 e. The van der Waals surface area contributed by atoms with Crippen LogP contribution in [0.2, 0.25) is 5.02 Å². The van der Waals surface area contributed by atoms with Gasteiger partial charge < -0.3 is 4.74 Å². The number of hydrazine groups is 1. The third-order valence-corrected chi connectivity index (χ3v) is 4.33. The topological polar surface area (TPSA) is 47.3 Å². The molecule has 3 N–H and O–H groups in total. The highest BCUT2D eigenvalue weighted by Gasteiger charge is 2.28. The van der Waals surface area contributed by atoms with Crippen LogP contribution in [0.15, 0.2) is 48.5 Å². The molecule has 2 aromatic carbocycles. The Morgan fingerprint density at radius 1 is 1.19 bits per heavy atom. The molecule has 0 saturated carbocycles. The van der Waals surface area contributed by atoms with E-state index in [-0.39, 0.29) is 6.04 Å². The molecule has 1 aliphatic rings. The second-order valence-corrected chi connectivity index (χ2v) is 5.82. The average Bonchev–Trinajstić information content (AvgIpc) is 2.54. The maximum atomic E-state index is 5.94. The highest BCUT2D eigenvalue weighted by molar-refractivity contribution is 6.30. The molecule has 2 aromatic rings. The van der Waals surface area contributed by atoms with E-state index in [1.165, 1.54) is 11.1 Å². The number of para-hydroxylation sites is 1. The number of halogens is 1.